The van der Waals surface area contributed by atoms with Gasteiger partial charge in [0.15, 0.2) is 0 Å². The van der Waals surface area contributed by atoms with Crippen LogP contribution in [-0.4, -0.2) is 34.6 Å². The maximum absolute atomic E-state index is 12.9. The Kier molecular flexibility index (Phi) is 5.54. The Bertz CT molecular complexity index is 932. The molecular formula is C21H23N3O3. The largest absolute Gasteiger partial charge is 0.497 e. The lowest BCUT2D eigenvalue weighted by Gasteiger charge is -2.20. The summed E-state index contributed by atoms with van der Waals surface area (Å²) in [5.74, 6) is 1.61. The third kappa shape index (κ3) is 4.16. The Morgan fingerprint density at radius 1 is 1.15 bits per heavy atom. The highest BCUT2D eigenvalue weighted by molar-refractivity contribution is 5.95. The molecular weight excluding hydrogens is 342 g/mol. The molecule has 27 heavy (non-hydrogen) atoms. The van der Waals surface area contributed by atoms with E-state index in [2.05, 4.69) is 10.1 Å². The Balaban J connectivity index is 1.76. The van der Waals surface area contributed by atoms with E-state index in [9.17, 15) is 4.79 Å². The van der Waals surface area contributed by atoms with Crippen molar-refractivity contribution in [1.82, 2.24) is 15.0 Å². The second-order valence-electron chi connectivity index (χ2n) is 6.38. The molecule has 0 aliphatic carbocycles. The molecule has 0 atom stereocenters. The molecule has 6 heteroatoms. The number of nitrogens with zero attached hydrogens (tertiary/aromatic N) is 3. The first-order chi connectivity index (χ1) is 13.0. The number of rotatable bonds is 6. The summed E-state index contributed by atoms with van der Waals surface area (Å²) in [6.45, 7) is 6.71. The van der Waals surface area contributed by atoms with Crippen LogP contribution in [-0.2, 0) is 6.54 Å². The van der Waals surface area contributed by atoms with Gasteiger partial charge in [0.05, 0.1) is 7.11 Å². The van der Waals surface area contributed by atoms with Crippen LogP contribution in [0.3, 0.4) is 0 Å². The summed E-state index contributed by atoms with van der Waals surface area (Å²) in [7, 11) is 1.62. The Morgan fingerprint density at radius 3 is 2.52 bits per heavy atom. The van der Waals surface area contributed by atoms with Gasteiger partial charge >= 0.3 is 0 Å². The quantitative estimate of drug-likeness (QED) is 0.660. The van der Waals surface area contributed by atoms with E-state index in [-0.39, 0.29) is 12.5 Å². The molecule has 2 aromatic carbocycles. The summed E-state index contributed by atoms with van der Waals surface area (Å²) in [5, 5.41) is 4.03. The van der Waals surface area contributed by atoms with E-state index < -0.39 is 0 Å². The van der Waals surface area contributed by atoms with Gasteiger partial charge < -0.3 is 14.2 Å². The van der Waals surface area contributed by atoms with Crippen molar-refractivity contribution in [3.63, 3.8) is 0 Å². The average Bonchev–Trinajstić information content (AvgIpc) is 3.14. The van der Waals surface area contributed by atoms with Gasteiger partial charge in [-0.3, -0.25) is 4.79 Å². The number of amides is 1. The van der Waals surface area contributed by atoms with Crippen LogP contribution in [0, 0.1) is 13.8 Å². The van der Waals surface area contributed by atoms with Crippen molar-refractivity contribution in [1.29, 1.82) is 0 Å². The average molecular weight is 365 g/mol. The molecule has 3 rings (SSSR count). The molecule has 0 saturated carbocycles. The standard InChI is InChI=1S/C21H23N3O3/c1-5-24(21(25)18-11-6-14(2)12-15(18)3)13-19-22-20(23-27-19)16-7-9-17(26-4)10-8-16/h6-12H,5,13H2,1-4H3. The minimum Gasteiger partial charge on any atom is -0.497 e. The minimum atomic E-state index is -0.0424. The SMILES string of the molecule is CCN(Cc1nc(-c2ccc(OC)cc2)no1)C(=O)c1ccc(C)cc1C. The van der Waals surface area contributed by atoms with E-state index in [1.165, 1.54) is 0 Å². The molecule has 0 spiro atoms. The third-order valence-corrected chi connectivity index (χ3v) is 4.42. The summed E-state index contributed by atoms with van der Waals surface area (Å²) in [5.41, 5.74) is 3.61. The van der Waals surface area contributed by atoms with Crippen molar-refractivity contribution in [2.45, 2.75) is 27.3 Å². The number of aromatic nitrogens is 2. The molecule has 0 bridgehead atoms. The predicted octanol–water partition coefficient (Wildman–Crippen LogP) is 4.02. The van der Waals surface area contributed by atoms with Gasteiger partial charge in [-0.25, -0.2) is 0 Å². The molecule has 1 heterocycles. The highest BCUT2D eigenvalue weighted by atomic mass is 16.5. The molecule has 0 fully saturated rings. The zero-order chi connectivity index (χ0) is 19.4. The number of methoxy groups -OCH3 is 1. The first-order valence-corrected chi connectivity index (χ1v) is 8.85. The van der Waals surface area contributed by atoms with Crippen LogP contribution in [0.2, 0.25) is 0 Å². The second-order valence-corrected chi connectivity index (χ2v) is 6.38. The summed E-state index contributed by atoms with van der Waals surface area (Å²) in [4.78, 5) is 19.0. The Morgan fingerprint density at radius 2 is 1.89 bits per heavy atom. The van der Waals surface area contributed by atoms with Crippen LogP contribution in [0.1, 0.15) is 34.3 Å². The van der Waals surface area contributed by atoms with Gasteiger partial charge in [0.1, 0.15) is 12.3 Å². The predicted molar refractivity (Wildman–Crippen MR) is 103 cm³/mol. The van der Waals surface area contributed by atoms with Gasteiger partial charge in [0.25, 0.3) is 5.91 Å². The Labute approximate surface area is 158 Å². The van der Waals surface area contributed by atoms with E-state index in [0.29, 0.717) is 23.8 Å². The van der Waals surface area contributed by atoms with Crippen molar-refractivity contribution in [2.75, 3.05) is 13.7 Å². The van der Waals surface area contributed by atoms with Gasteiger partial charge in [-0.15, -0.1) is 0 Å². The lowest BCUT2D eigenvalue weighted by Crippen LogP contribution is -2.31. The molecule has 0 aliphatic rings. The normalized spacial score (nSPS) is 10.7. The molecule has 3 aromatic rings. The van der Waals surface area contributed by atoms with E-state index in [1.54, 1.807) is 12.0 Å². The molecule has 0 unspecified atom stereocenters. The highest BCUT2D eigenvalue weighted by Crippen LogP contribution is 2.21. The fourth-order valence-corrected chi connectivity index (χ4v) is 2.89. The molecule has 0 N–H and O–H groups in total. The van der Waals surface area contributed by atoms with Crippen molar-refractivity contribution in [3.8, 4) is 17.1 Å². The lowest BCUT2D eigenvalue weighted by atomic mass is 10.0. The van der Waals surface area contributed by atoms with E-state index in [4.69, 9.17) is 9.26 Å². The van der Waals surface area contributed by atoms with Crippen LogP contribution in [0.15, 0.2) is 47.0 Å². The maximum Gasteiger partial charge on any atom is 0.254 e. The summed E-state index contributed by atoms with van der Waals surface area (Å²) in [6.07, 6.45) is 0. The van der Waals surface area contributed by atoms with Crippen LogP contribution in [0.4, 0.5) is 0 Å². The number of carbonyl (C=O) groups excluding carboxylic acids is 1. The fourth-order valence-electron chi connectivity index (χ4n) is 2.89. The monoisotopic (exact) mass is 365 g/mol. The molecule has 0 aliphatic heterocycles. The first-order valence-electron chi connectivity index (χ1n) is 8.85. The zero-order valence-electron chi connectivity index (χ0n) is 16.0. The highest BCUT2D eigenvalue weighted by Gasteiger charge is 2.19. The Hall–Kier alpha value is -3.15. The van der Waals surface area contributed by atoms with Gasteiger partial charge in [-0.2, -0.15) is 4.98 Å². The van der Waals surface area contributed by atoms with Crippen LogP contribution < -0.4 is 4.74 Å². The smallest absolute Gasteiger partial charge is 0.254 e. The molecule has 1 amide bonds. The molecule has 0 saturated heterocycles. The van der Waals surface area contributed by atoms with Crippen molar-refractivity contribution in [3.05, 3.63) is 65.0 Å². The third-order valence-electron chi connectivity index (χ3n) is 4.42. The number of carbonyl (C=O) groups is 1. The first kappa shape index (κ1) is 18.6. The van der Waals surface area contributed by atoms with Gasteiger partial charge in [-0.05, 0) is 56.7 Å². The number of hydrogen-bond donors (Lipinski definition) is 0. The minimum absolute atomic E-state index is 0.0424. The second kappa shape index (κ2) is 8.03. The van der Waals surface area contributed by atoms with Crippen molar-refractivity contribution >= 4 is 5.91 Å². The topological polar surface area (TPSA) is 68.5 Å². The summed E-state index contributed by atoms with van der Waals surface area (Å²) in [6, 6.07) is 13.2. The number of hydrogen-bond acceptors (Lipinski definition) is 5. The fraction of sp³-hybridized carbons (Fsp3) is 0.286. The molecule has 6 nitrogen and oxygen atoms in total. The molecule has 0 radical (unpaired) electrons. The lowest BCUT2D eigenvalue weighted by molar-refractivity contribution is 0.0734. The van der Waals surface area contributed by atoms with Crippen LogP contribution >= 0.6 is 0 Å². The molecule has 140 valence electrons. The van der Waals surface area contributed by atoms with Crippen LogP contribution in [0.5, 0.6) is 5.75 Å². The van der Waals surface area contributed by atoms with Crippen molar-refractivity contribution in [2.24, 2.45) is 0 Å². The van der Waals surface area contributed by atoms with E-state index >= 15 is 0 Å². The molecule has 1 aromatic heterocycles. The van der Waals surface area contributed by atoms with E-state index in [0.717, 1.165) is 22.4 Å². The van der Waals surface area contributed by atoms with Gasteiger partial charge in [-0.1, -0.05) is 22.9 Å². The van der Waals surface area contributed by atoms with Gasteiger partial charge in [0.2, 0.25) is 11.7 Å². The zero-order valence-corrected chi connectivity index (χ0v) is 16.0. The van der Waals surface area contributed by atoms with Crippen LogP contribution in [0.25, 0.3) is 11.4 Å². The number of ether oxygens (including phenoxy) is 1. The summed E-state index contributed by atoms with van der Waals surface area (Å²) >= 11 is 0. The van der Waals surface area contributed by atoms with E-state index in [1.807, 2.05) is 63.2 Å². The maximum atomic E-state index is 12.9. The van der Waals surface area contributed by atoms with Gasteiger partial charge in [0, 0.05) is 17.7 Å². The van der Waals surface area contributed by atoms with Crippen molar-refractivity contribution < 1.29 is 14.1 Å². The summed E-state index contributed by atoms with van der Waals surface area (Å²) < 4.78 is 10.5. The number of benzene rings is 2. The number of aryl methyl sites for hydroxylation is 2.